The zero-order valence-electron chi connectivity index (χ0n) is 78.4. The van der Waals surface area contributed by atoms with Crippen LogP contribution in [0, 0.1) is 0 Å². The second kappa shape index (κ2) is 18.7. The van der Waals surface area contributed by atoms with Crippen LogP contribution in [0.4, 0.5) is 0 Å². The van der Waals surface area contributed by atoms with Crippen LogP contribution in [0.2, 0.25) is 0 Å². The van der Waals surface area contributed by atoms with Crippen LogP contribution in [0.25, 0.3) is 66.9 Å². The Balaban J connectivity index is 1.44. The predicted octanol–water partition coefficient (Wildman–Crippen LogP) is 10.5. The van der Waals surface area contributed by atoms with E-state index in [-0.39, 0.29) is 32.6 Å². The quantitative estimate of drug-likeness (QED) is 0.0958. The molecule has 0 aliphatic heterocycles. The zero-order valence-corrected chi connectivity index (χ0v) is 40.4. The van der Waals surface area contributed by atoms with E-state index in [9.17, 15) is 42.5 Å². The fourth-order valence-electron chi connectivity index (χ4n) is 9.53. The van der Waals surface area contributed by atoms with Crippen LogP contribution in [0.3, 0.4) is 0 Å². The average Bonchev–Trinajstić information content (AvgIpc) is 0.819. The molecule has 0 atom stereocenters. The van der Waals surface area contributed by atoms with E-state index in [1.807, 2.05) is 0 Å². The Hall–Kier alpha value is -9.54. The number of hydrogen-bond acceptors (Lipinski definition) is 3. The first kappa shape index (κ1) is 20.0. The van der Waals surface area contributed by atoms with E-state index in [1.54, 1.807) is 0 Å². The summed E-state index contributed by atoms with van der Waals surface area (Å²) in [7, 11) is -14.6. The lowest BCUT2D eigenvalue weighted by molar-refractivity contribution is 0.893. The molecule has 0 saturated heterocycles. The van der Waals surface area contributed by atoms with Crippen LogP contribution in [0.5, 0.6) is 0 Å². The first-order chi connectivity index (χ1) is 54.3. The van der Waals surface area contributed by atoms with E-state index in [0.717, 1.165) is 9.13 Å². The van der Waals surface area contributed by atoms with E-state index in [0.29, 0.717) is 6.07 Å². The van der Waals surface area contributed by atoms with Gasteiger partial charge in [0.2, 0.25) is 11.9 Å². The SMILES string of the molecule is [2H]c1cc([2H])c([2H])c([Si](c2c([2H])c([2H])c([2H])c([2H])c2[2H])(c2c([2H])c([2H])c([2H])c([2H])c2[2H])c2c([2H])c(-c3nc(-n4c5ccccc5c5c([2H])c([2H])c([2H])c([2H])c54)nc(-n4c5ccccc5c5c([2H])c([2H])c([2H])c([2H])c54)n3)c([2H])c([Si](c3c([2H])c([2H])c([2H])c([2H])c3[2H])(c3c([2H])c([2H])c([2H])c([2H])c3[2H])c3c([2H])c([2H])c([2H])c([2H])c3[2H])c2[2H])c1[2H]. The highest BCUT2D eigenvalue weighted by atomic mass is 28.3. The second-order valence-electron chi connectivity index (χ2n) is 16.5. The van der Waals surface area contributed by atoms with Gasteiger partial charge in [0.05, 0.1) is 76.9 Å². The van der Waals surface area contributed by atoms with Crippen molar-refractivity contribution in [3.05, 3.63) is 296 Å². The molecule has 0 unspecified atom stereocenters. The molecule has 3 heterocycles. The maximum atomic E-state index is 11.7. The van der Waals surface area contributed by atoms with Crippen LogP contribution in [0.15, 0.2) is 296 Å². The molecule has 0 saturated carbocycles. The van der Waals surface area contributed by atoms with Crippen molar-refractivity contribution in [3.8, 4) is 23.3 Å². The molecule has 0 fully saturated rings. The Bertz CT molecular complexity index is 6320. The van der Waals surface area contributed by atoms with E-state index >= 15 is 0 Å². The van der Waals surface area contributed by atoms with Crippen molar-refractivity contribution >= 4 is 101 Å². The molecule has 7 heteroatoms. The summed E-state index contributed by atoms with van der Waals surface area (Å²) in [6.45, 7) is 0. The third-order valence-electron chi connectivity index (χ3n) is 12.6. The van der Waals surface area contributed by atoms with Gasteiger partial charge in [0.25, 0.3) is 0 Å². The lowest BCUT2D eigenvalue weighted by atomic mass is 10.2. The van der Waals surface area contributed by atoms with Gasteiger partial charge in [0, 0.05) is 27.1 Å². The lowest BCUT2D eigenvalue weighted by Gasteiger charge is -2.38. The molecule has 14 rings (SSSR count). The van der Waals surface area contributed by atoms with Gasteiger partial charge < -0.3 is 0 Å². The first-order valence-electron chi connectivity index (χ1n) is 42.7. The lowest BCUT2D eigenvalue weighted by Crippen LogP contribution is -2.78. The molecule has 11 aromatic carbocycles. The van der Waals surface area contributed by atoms with Crippen LogP contribution in [-0.4, -0.2) is 40.2 Å². The number of aromatic nitrogens is 5. The second-order valence-corrected chi connectivity index (χ2v) is 23.5. The molecular weight excluding hydrogens is 955 g/mol. The summed E-state index contributed by atoms with van der Waals surface area (Å²) in [5.74, 6) is -3.17. The molecule has 0 radical (unpaired) electrons. The Morgan fingerprint density at radius 1 is 0.276 bits per heavy atom. The molecule has 5 nitrogen and oxygen atoms in total. The summed E-state index contributed by atoms with van der Waals surface area (Å²) in [6, 6.07) is -41.4. The molecule has 0 bridgehead atoms. The summed E-state index contributed by atoms with van der Waals surface area (Å²) in [6.07, 6.45) is 0. The average molecular weight is 1040 g/mol. The molecule has 3 aromatic heterocycles. The smallest absolute Gasteiger partial charge is 0.240 e. The van der Waals surface area contributed by atoms with Gasteiger partial charge in [-0.05, 0) is 65.7 Å². The summed E-state index contributed by atoms with van der Waals surface area (Å²) >= 11 is 0. The third kappa shape index (κ3) is 7.16. The molecule has 0 amide bonds. The zero-order chi connectivity index (χ0) is 85.3. The molecule has 0 N–H and O–H groups in total. The number of rotatable bonds is 11. The van der Waals surface area contributed by atoms with Gasteiger partial charge in [-0.15, -0.1) is 0 Å². The minimum atomic E-state index is -7.35. The third-order valence-corrected chi connectivity index (χ3v) is 20.6. The number of nitrogens with zero attached hydrogens (tertiary/aromatic N) is 5. The highest BCUT2D eigenvalue weighted by molar-refractivity contribution is 7.22. The van der Waals surface area contributed by atoms with Crippen molar-refractivity contribution in [3.63, 3.8) is 0 Å². The molecule has 0 aliphatic rings. The van der Waals surface area contributed by atoms with Gasteiger partial charge >= 0.3 is 0 Å². The Labute approximate surface area is 499 Å². The van der Waals surface area contributed by atoms with Gasteiger partial charge in [-0.2, -0.15) is 15.0 Å². The van der Waals surface area contributed by atoms with Gasteiger partial charge in [0.15, 0.2) is 22.0 Å². The Morgan fingerprint density at radius 2 is 0.605 bits per heavy atom. The van der Waals surface area contributed by atoms with Gasteiger partial charge in [-0.25, -0.2) is 0 Å². The Morgan fingerprint density at radius 3 is 0.987 bits per heavy atom. The summed E-state index contributed by atoms with van der Waals surface area (Å²) < 4.78 is 392. The number of hydrogen-bond donors (Lipinski definition) is 0. The summed E-state index contributed by atoms with van der Waals surface area (Å²) in [4.78, 5) is 14.7. The van der Waals surface area contributed by atoms with E-state index in [4.69, 9.17) is 27.3 Å². The molecule has 14 aromatic rings. The number of para-hydroxylation sites is 4. The molecule has 76 heavy (non-hydrogen) atoms. The van der Waals surface area contributed by atoms with Crippen LogP contribution >= 0.6 is 0 Å². The fraction of sp³-hybridized carbons (Fsp3) is 0. The molecule has 0 aliphatic carbocycles. The van der Waals surface area contributed by atoms with Gasteiger partial charge in [0.1, 0.15) is 0 Å². The van der Waals surface area contributed by atoms with Gasteiger partial charge in [-0.1, -0.05) is 272 Å². The fourth-order valence-corrected chi connectivity index (χ4v) is 16.9. The predicted molar refractivity (Wildman–Crippen MR) is 321 cm³/mol. The maximum Gasteiger partial charge on any atom is 0.240 e. The van der Waals surface area contributed by atoms with Crippen molar-refractivity contribution < 1.29 is 54.8 Å². The Kier molecular flexibility index (Phi) is 4.92. The minimum absolute atomic E-state index is 0.0111. The van der Waals surface area contributed by atoms with Crippen molar-refractivity contribution in [1.82, 2.24) is 24.1 Å². The van der Waals surface area contributed by atoms with E-state index in [2.05, 4.69) is 0 Å². The topological polar surface area (TPSA) is 48.5 Å². The van der Waals surface area contributed by atoms with Crippen LogP contribution < -0.4 is 41.5 Å². The largest absolute Gasteiger partial charge is 0.278 e. The van der Waals surface area contributed by atoms with Crippen molar-refractivity contribution in [2.75, 3.05) is 0 Å². The van der Waals surface area contributed by atoms with Crippen molar-refractivity contribution in [2.24, 2.45) is 0 Å². The molecule has 0 spiro atoms. The number of benzene rings is 11. The number of fused-ring (bicyclic) bond motifs is 6. The summed E-state index contributed by atoms with van der Waals surface area (Å²) in [5, 5.41) is -12.6. The molecule has 358 valence electrons. The minimum Gasteiger partial charge on any atom is -0.278 e. The van der Waals surface area contributed by atoms with Crippen LogP contribution in [0.1, 0.15) is 54.8 Å². The molecular formula is C69H49N5Si2. The normalized spacial score (nSPS) is 19.3. The van der Waals surface area contributed by atoms with Crippen molar-refractivity contribution in [1.29, 1.82) is 0 Å². The summed E-state index contributed by atoms with van der Waals surface area (Å²) in [5.41, 5.74) is -2.72. The highest BCUT2D eigenvalue weighted by Crippen LogP contribution is 2.34. The highest BCUT2D eigenvalue weighted by Gasteiger charge is 2.46. The van der Waals surface area contributed by atoms with Crippen molar-refractivity contribution in [2.45, 2.75) is 0 Å². The first-order valence-corrected chi connectivity index (χ1v) is 26.7. The maximum absolute atomic E-state index is 11.7. The van der Waals surface area contributed by atoms with Gasteiger partial charge in [-0.3, -0.25) is 9.13 Å². The van der Waals surface area contributed by atoms with Crippen LogP contribution in [-0.2, 0) is 0 Å². The monoisotopic (exact) mass is 1040 g/mol. The van der Waals surface area contributed by atoms with E-state index < -0.39 is 334 Å². The standard InChI is InChI=1S/C69H49N5Si2/c1-7-27-51(28-8-1)75(52-29-9-2-10-30-52,53-31-11-3-12-32-53)57-47-50(48-58(49-57)76(54-33-13-4-14-34-54,55-35-15-5-16-36-55)56-37-17-6-18-38-56)67-70-68(73-63-43-23-19-39-59(63)60-40-20-24-44-64(60)73)72-69(71-67)74-65-45-25-21-41-61(65)62-42-22-26-46-66(62)74/h1-49H/i1D,2D,3D,4D,5D,7D,8D,9D,10D,11D,12D,13D,14D,15D,16D,17D,18D,19D,21D,23D,25D,27D,28D,29D,30D,31D,32D,33D,34D,35D,36D,37D,38D,39D,41D,43D,45D,47D,48D,49D. The van der Waals surface area contributed by atoms with E-state index in [1.165, 1.54) is 48.5 Å².